The number of likely N-dealkylation sites (N-methyl/N-ethyl adjacent to an activating group) is 7. The second kappa shape index (κ2) is 33.2. The van der Waals surface area contributed by atoms with Crippen molar-refractivity contribution in [3.8, 4) is 0 Å². The topological polar surface area (TPSA) is 250 Å². The molecule has 22 nitrogen and oxygen atoms in total. The maximum absolute atomic E-state index is 15.4. The number of nitrogens with one attached hydrogen (secondary N) is 3. The Morgan fingerprint density at radius 1 is 0.634 bits per heavy atom. The Labute approximate surface area is 552 Å². The van der Waals surface area contributed by atoms with Crippen LogP contribution in [-0.2, 0) is 65.3 Å². The molecule has 6 rings (SSSR count). The first-order valence-corrected chi connectivity index (χ1v) is 34.0. The van der Waals surface area contributed by atoms with E-state index in [-0.39, 0.29) is 75.7 Å². The van der Waals surface area contributed by atoms with E-state index in [1.807, 2.05) is 20.8 Å². The molecule has 0 aromatic heterocycles. The van der Waals surface area contributed by atoms with Crippen LogP contribution in [0.5, 0.6) is 0 Å². The number of hydrogen-bond donors (Lipinski definition) is 3. The van der Waals surface area contributed by atoms with Crippen molar-refractivity contribution in [1.29, 1.82) is 0 Å². The second-order valence-corrected chi connectivity index (χ2v) is 28.2. The summed E-state index contributed by atoms with van der Waals surface area (Å²) in [6.45, 7) is 7.62. The van der Waals surface area contributed by atoms with Crippen LogP contribution in [0.25, 0.3) is 0 Å². The van der Waals surface area contributed by atoms with Gasteiger partial charge in [-0.05, 0) is 112 Å². The van der Waals surface area contributed by atoms with Crippen LogP contribution in [0, 0.1) is 23.7 Å². The highest BCUT2D eigenvalue weighted by Crippen LogP contribution is 2.38. The number of carbonyl (C=O) groups is 11. The summed E-state index contributed by atoms with van der Waals surface area (Å²) in [4.78, 5) is 172. The lowest BCUT2D eigenvalue weighted by Crippen LogP contribution is -2.64. The number of hydrogen-bond acceptors (Lipinski definition) is 11. The molecular weight excluding hydrogens is 1230 g/mol. The molecule has 5 aliphatic rings. The first-order valence-electron chi connectivity index (χ1n) is 33.6. The Morgan fingerprint density at radius 2 is 1.24 bits per heavy atom. The number of amides is 11. The summed E-state index contributed by atoms with van der Waals surface area (Å²) in [5, 5.41) is 8.19. The summed E-state index contributed by atoms with van der Waals surface area (Å²) in [6.07, 6.45) is 5.16. The fourth-order valence-corrected chi connectivity index (χ4v) is 14.6. The van der Waals surface area contributed by atoms with Crippen molar-refractivity contribution in [3.05, 3.63) is 34.3 Å². The summed E-state index contributed by atoms with van der Waals surface area (Å²) < 4.78 is 41.4. The van der Waals surface area contributed by atoms with Gasteiger partial charge in [-0.2, -0.15) is 13.2 Å². The lowest BCUT2D eigenvalue weighted by Gasteiger charge is -2.41. The minimum atomic E-state index is -4.74. The molecule has 0 radical (unpaired) electrons. The predicted octanol–water partition coefficient (Wildman–Crippen LogP) is 6.04. The molecule has 26 heteroatoms. The van der Waals surface area contributed by atoms with Crippen LogP contribution in [0.3, 0.4) is 0 Å². The largest absolute Gasteiger partial charge is 0.417 e. The van der Waals surface area contributed by atoms with Crippen molar-refractivity contribution >= 4 is 76.6 Å². The molecule has 8 atom stereocenters. The van der Waals surface area contributed by atoms with E-state index >= 15 is 14.4 Å². The van der Waals surface area contributed by atoms with Gasteiger partial charge in [-0.1, -0.05) is 110 Å². The highest BCUT2D eigenvalue weighted by Gasteiger charge is 2.51. The first-order chi connectivity index (χ1) is 43.7. The monoisotopic (exact) mass is 1330 g/mol. The van der Waals surface area contributed by atoms with Crippen LogP contribution in [0.2, 0.25) is 5.02 Å². The molecule has 5 fully saturated rings. The summed E-state index contributed by atoms with van der Waals surface area (Å²) in [7, 11) is 10.3. The number of nitrogens with zero attached hydrogens (tertiary/aromatic N) is 8. The molecule has 1 spiro atoms. The van der Waals surface area contributed by atoms with Crippen LogP contribution in [0.15, 0.2) is 18.2 Å². The van der Waals surface area contributed by atoms with Crippen molar-refractivity contribution in [1.82, 2.24) is 55.1 Å². The van der Waals surface area contributed by atoms with Gasteiger partial charge in [-0.25, -0.2) is 0 Å². The SMILES string of the molecule is CC[C@H](C)[C@@H]1NC(=O)[C@H](CC(C)C)N(C)C(=O)C[C@@H](C)N(C)C(=O)[C@H](C2CCCC2)N(C)C(=O)C2(CCCC2)NC(=O)[C@@H]2CCCN2C(=O)[C@H](CCc2ccc(C(F)(F)F)c(Cl)c2)NC(=O)CN(C)C(=O)[C@H](CC2CCCCC2)N(C)C(=O)CN(C)C(=O)CN(C)C1=O. The van der Waals surface area contributed by atoms with Crippen LogP contribution in [0.4, 0.5) is 13.2 Å². The molecule has 520 valence electrons. The Morgan fingerprint density at radius 3 is 1.84 bits per heavy atom. The number of benzene rings is 1. The lowest BCUT2D eigenvalue weighted by molar-refractivity contribution is -0.153. The van der Waals surface area contributed by atoms with E-state index in [2.05, 4.69) is 16.0 Å². The van der Waals surface area contributed by atoms with E-state index in [0.717, 1.165) is 66.9 Å². The summed E-state index contributed by atoms with van der Waals surface area (Å²) in [5.74, 6) is -7.24. The van der Waals surface area contributed by atoms with Crippen molar-refractivity contribution in [2.45, 2.75) is 223 Å². The van der Waals surface area contributed by atoms with E-state index < -0.39 is 155 Å². The van der Waals surface area contributed by atoms with Crippen LogP contribution >= 0.6 is 11.6 Å². The maximum Gasteiger partial charge on any atom is 0.417 e. The molecule has 2 aliphatic heterocycles. The molecule has 3 N–H and O–H groups in total. The molecule has 0 bridgehead atoms. The molecule has 1 aromatic rings. The van der Waals surface area contributed by atoms with Gasteiger partial charge in [0.1, 0.15) is 41.8 Å². The van der Waals surface area contributed by atoms with Gasteiger partial charge in [-0.15, -0.1) is 0 Å². The van der Waals surface area contributed by atoms with E-state index in [0.29, 0.717) is 44.1 Å². The fraction of sp³-hybridized carbons (Fsp3) is 0.746. The van der Waals surface area contributed by atoms with Crippen LogP contribution in [-0.4, -0.2) is 228 Å². The Kier molecular flexibility index (Phi) is 27.0. The van der Waals surface area contributed by atoms with E-state index in [4.69, 9.17) is 11.6 Å². The van der Waals surface area contributed by atoms with E-state index in [9.17, 15) is 51.5 Å². The molecule has 1 aromatic carbocycles. The third-order valence-corrected chi connectivity index (χ3v) is 20.8. The summed E-state index contributed by atoms with van der Waals surface area (Å²) >= 11 is 6.13. The summed E-state index contributed by atoms with van der Waals surface area (Å²) in [6, 6.07) is -4.36. The number of rotatable bonds is 10. The zero-order valence-electron chi connectivity index (χ0n) is 56.8. The predicted molar refractivity (Wildman–Crippen MR) is 344 cm³/mol. The van der Waals surface area contributed by atoms with Gasteiger partial charge < -0.3 is 55.1 Å². The number of alkyl halides is 3. The van der Waals surface area contributed by atoms with E-state index in [1.165, 1.54) is 70.7 Å². The van der Waals surface area contributed by atoms with Crippen molar-refractivity contribution in [2.24, 2.45) is 23.7 Å². The molecule has 3 aliphatic carbocycles. The molecule has 2 saturated heterocycles. The minimum Gasteiger partial charge on any atom is -0.343 e. The molecule has 93 heavy (non-hydrogen) atoms. The van der Waals surface area contributed by atoms with Gasteiger partial charge in [0.25, 0.3) is 0 Å². The molecule has 3 saturated carbocycles. The smallest absolute Gasteiger partial charge is 0.343 e. The standard InChI is InChI=1S/C67H103ClF3N11O11/c1-13-42(4)57-63(91)77(8)39-55(85)75(6)40-56(86)80(11)52(37-44-22-15-14-16-23-44)62(90)76(7)38-53(83)72-49(30-28-45-27-29-47(48(68)36-45)67(69,70)71)61(89)82-33-21-26-50(82)60(88)74-66(31-19-20-32-66)65(93)81(12)58(46-24-17-18-25-46)64(92)78(9)43(5)35-54(84)79(10)51(34-41(2)3)59(87)73-57/h27,29,36,41-44,46,49-52,57-58H,13-26,28,30-35,37-40H2,1-12H3,(H,72,83)(H,73,87)(H,74,88)/t42-,43+,49-,50-,51-,52-,57-,58-/m0/s1. The normalized spacial score (nSPS) is 27.0. The molecule has 0 unspecified atom stereocenters. The fourth-order valence-electron chi connectivity index (χ4n) is 14.2. The number of aryl methyl sites for hydroxylation is 1. The Hall–Kier alpha value is -6.53. The number of halogens is 4. The van der Waals surface area contributed by atoms with Gasteiger partial charge in [-0.3, -0.25) is 52.7 Å². The van der Waals surface area contributed by atoms with Gasteiger partial charge in [0.15, 0.2) is 0 Å². The highest BCUT2D eigenvalue weighted by molar-refractivity contribution is 6.31. The van der Waals surface area contributed by atoms with E-state index in [1.54, 1.807) is 27.9 Å². The van der Waals surface area contributed by atoms with Crippen molar-refractivity contribution in [2.75, 3.05) is 75.5 Å². The first kappa shape index (κ1) is 75.5. The lowest BCUT2D eigenvalue weighted by atomic mass is 9.84. The zero-order chi connectivity index (χ0) is 69.0. The Balaban J connectivity index is 1.38. The van der Waals surface area contributed by atoms with Gasteiger partial charge in [0.2, 0.25) is 65.0 Å². The third-order valence-electron chi connectivity index (χ3n) is 20.4. The minimum absolute atomic E-state index is 0.0353. The second-order valence-electron chi connectivity index (χ2n) is 27.8. The van der Waals surface area contributed by atoms with Crippen LogP contribution < -0.4 is 16.0 Å². The number of carbonyl (C=O) groups excluding carboxylic acids is 11. The third kappa shape index (κ3) is 19.1. The quantitative estimate of drug-likeness (QED) is 0.244. The Bertz CT molecular complexity index is 2860. The maximum atomic E-state index is 15.4. The van der Waals surface area contributed by atoms with Gasteiger partial charge >= 0.3 is 6.18 Å². The van der Waals surface area contributed by atoms with Crippen molar-refractivity contribution in [3.63, 3.8) is 0 Å². The van der Waals surface area contributed by atoms with Gasteiger partial charge in [0, 0.05) is 68.3 Å². The molecular formula is C67H103ClF3N11O11. The number of fused-ring (bicyclic) bond motifs is 1. The molecule has 2 heterocycles. The average molecular weight is 1330 g/mol. The zero-order valence-corrected chi connectivity index (χ0v) is 57.6. The highest BCUT2D eigenvalue weighted by atomic mass is 35.5. The van der Waals surface area contributed by atoms with Crippen molar-refractivity contribution < 1.29 is 65.9 Å². The average Bonchev–Trinajstić information content (AvgIpc) is 1.73. The van der Waals surface area contributed by atoms with Crippen LogP contribution in [0.1, 0.15) is 174 Å². The molecule has 11 amide bonds. The van der Waals surface area contributed by atoms with Gasteiger partial charge in [0.05, 0.1) is 30.2 Å². The summed E-state index contributed by atoms with van der Waals surface area (Å²) in [5.41, 5.74) is -2.22.